The summed E-state index contributed by atoms with van der Waals surface area (Å²) in [5.74, 6) is -1.36. The summed E-state index contributed by atoms with van der Waals surface area (Å²) in [7, 11) is 0. The molecule has 0 radical (unpaired) electrons. The Labute approximate surface area is 187 Å². The monoisotopic (exact) mass is 476 g/mol. The molecular formula is C19H14F2N6O5S. The highest BCUT2D eigenvalue weighted by Crippen LogP contribution is 2.42. The first kappa shape index (κ1) is 22.0. The van der Waals surface area contributed by atoms with E-state index in [1.165, 1.54) is 19.3 Å². The second kappa shape index (κ2) is 8.38. The van der Waals surface area contributed by atoms with Gasteiger partial charge in [-0.2, -0.15) is 5.10 Å². The van der Waals surface area contributed by atoms with Gasteiger partial charge in [0.1, 0.15) is 39.6 Å². The molecule has 0 unspecified atom stereocenters. The molecule has 14 heteroatoms. The number of aromatic nitrogens is 3. The van der Waals surface area contributed by atoms with Crippen LogP contribution in [0.25, 0.3) is 21.5 Å². The van der Waals surface area contributed by atoms with E-state index in [4.69, 9.17) is 10.2 Å². The zero-order valence-electron chi connectivity index (χ0n) is 16.7. The molecule has 3 N–H and O–H groups in total. The molecule has 33 heavy (non-hydrogen) atoms. The van der Waals surface area contributed by atoms with Gasteiger partial charge < -0.3 is 15.5 Å². The zero-order chi connectivity index (χ0) is 23.9. The lowest BCUT2D eigenvalue weighted by atomic mass is 10.1. The Morgan fingerprint density at radius 1 is 1.42 bits per heavy atom. The van der Waals surface area contributed by atoms with Gasteiger partial charge >= 0.3 is 5.69 Å². The Morgan fingerprint density at radius 2 is 2.18 bits per heavy atom. The van der Waals surface area contributed by atoms with Crippen LogP contribution in [0.2, 0.25) is 0 Å². The predicted molar refractivity (Wildman–Crippen MR) is 113 cm³/mol. The highest BCUT2D eigenvalue weighted by molar-refractivity contribution is 7.21. The maximum absolute atomic E-state index is 13.4. The standard InChI is InChI=1S/C19H14F2N6O5S/c1-8-11(27(30)31)6-23-26(8)7-13(28)25-15-14-9(12-3-2-4-32-12)5-10(17(20)21)24-19(14)33-16(15)18(22)29/h2-6,17H,7H2,1H3,(H2,22,29)(H,25,28). The fraction of sp³-hybridized carbons (Fsp3) is 0.158. The quantitative estimate of drug-likeness (QED) is 0.304. The van der Waals surface area contributed by atoms with Gasteiger partial charge in [0.05, 0.1) is 16.9 Å². The average molecular weight is 476 g/mol. The van der Waals surface area contributed by atoms with Crippen molar-refractivity contribution >= 4 is 44.7 Å². The Bertz CT molecular complexity index is 1400. The molecule has 0 aliphatic heterocycles. The predicted octanol–water partition coefficient (Wildman–Crippen LogP) is 3.64. The van der Waals surface area contributed by atoms with E-state index < -0.39 is 35.4 Å². The number of thiophene rings is 1. The number of primary amides is 1. The Morgan fingerprint density at radius 3 is 2.76 bits per heavy atom. The van der Waals surface area contributed by atoms with E-state index in [1.807, 2.05) is 0 Å². The molecule has 0 atom stereocenters. The van der Waals surface area contributed by atoms with Gasteiger partial charge in [0.15, 0.2) is 0 Å². The number of furan rings is 1. The molecule has 4 aromatic rings. The van der Waals surface area contributed by atoms with Gasteiger partial charge in [0, 0.05) is 10.9 Å². The van der Waals surface area contributed by atoms with Crippen LogP contribution in [0.15, 0.2) is 35.1 Å². The Hall–Kier alpha value is -4.20. The van der Waals surface area contributed by atoms with Crippen molar-refractivity contribution in [2.75, 3.05) is 5.32 Å². The fourth-order valence-electron chi connectivity index (χ4n) is 3.24. The van der Waals surface area contributed by atoms with Crippen LogP contribution >= 0.6 is 11.3 Å². The van der Waals surface area contributed by atoms with Crippen LogP contribution < -0.4 is 11.1 Å². The maximum atomic E-state index is 13.4. The number of nitro groups is 1. The summed E-state index contributed by atoms with van der Waals surface area (Å²) in [4.78, 5) is 39.1. The molecule has 0 bridgehead atoms. The summed E-state index contributed by atoms with van der Waals surface area (Å²) < 4.78 is 33.3. The molecule has 170 valence electrons. The van der Waals surface area contributed by atoms with Crippen LogP contribution in [0.1, 0.15) is 27.5 Å². The molecule has 0 spiro atoms. The highest BCUT2D eigenvalue weighted by Gasteiger charge is 2.26. The third-order valence-electron chi connectivity index (χ3n) is 4.75. The van der Waals surface area contributed by atoms with Crippen LogP contribution in [0.3, 0.4) is 0 Å². The number of hydrogen-bond donors (Lipinski definition) is 2. The van der Waals surface area contributed by atoms with Crippen LogP contribution in [0.5, 0.6) is 0 Å². The van der Waals surface area contributed by atoms with Gasteiger partial charge in [0.2, 0.25) is 5.91 Å². The SMILES string of the molecule is Cc1c([N+](=O)[O-])cnn1CC(=O)Nc1c(C(N)=O)sc2nc(C(F)F)cc(-c3ccco3)c12. The van der Waals surface area contributed by atoms with Crippen molar-refractivity contribution in [1.29, 1.82) is 0 Å². The smallest absolute Gasteiger partial charge is 0.309 e. The minimum absolute atomic E-state index is 0.0217. The molecule has 2 amide bonds. The van der Waals surface area contributed by atoms with Crippen molar-refractivity contribution < 1.29 is 27.7 Å². The molecular weight excluding hydrogens is 462 g/mol. The number of rotatable bonds is 7. The lowest BCUT2D eigenvalue weighted by Gasteiger charge is -2.10. The van der Waals surface area contributed by atoms with Crippen LogP contribution in [0, 0.1) is 17.0 Å². The second-order valence-corrected chi connectivity index (χ2v) is 7.80. The number of anilines is 1. The van der Waals surface area contributed by atoms with Crippen molar-refractivity contribution in [3.8, 4) is 11.3 Å². The number of alkyl halides is 2. The third-order valence-corrected chi connectivity index (χ3v) is 5.85. The lowest BCUT2D eigenvalue weighted by Crippen LogP contribution is -2.22. The number of fused-ring (bicyclic) bond motifs is 1. The molecule has 0 aliphatic rings. The van der Waals surface area contributed by atoms with Crippen LogP contribution in [0.4, 0.5) is 20.2 Å². The number of carbonyl (C=O) groups is 2. The number of pyridine rings is 1. The topological polar surface area (TPSA) is 159 Å². The van der Waals surface area contributed by atoms with Crippen molar-refractivity contribution in [2.45, 2.75) is 19.9 Å². The van der Waals surface area contributed by atoms with Gasteiger partial charge in [-0.05, 0) is 25.1 Å². The minimum atomic E-state index is -2.89. The van der Waals surface area contributed by atoms with E-state index in [0.29, 0.717) is 0 Å². The first-order chi connectivity index (χ1) is 15.7. The van der Waals surface area contributed by atoms with Crippen molar-refractivity contribution in [2.24, 2.45) is 5.73 Å². The summed E-state index contributed by atoms with van der Waals surface area (Å²) in [5, 5.41) is 17.6. The summed E-state index contributed by atoms with van der Waals surface area (Å²) >= 11 is 0.747. The average Bonchev–Trinajstić information content (AvgIpc) is 3.47. The molecule has 0 saturated heterocycles. The summed E-state index contributed by atoms with van der Waals surface area (Å²) in [5.41, 5.74) is 4.98. The highest BCUT2D eigenvalue weighted by atomic mass is 32.1. The molecule has 4 aromatic heterocycles. The van der Waals surface area contributed by atoms with E-state index in [2.05, 4.69) is 15.4 Å². The van der Waals surface area contributed by atoms with Gasteiger partial charge in [-0.1, -0.05) is 0 Å². The van der Waals surface area contributed by atoms with E-state index in [-0.39, 0.29) is 43.5 Å². The number of halogens is 2. The fourth-order valence-corrected chi connectivity index (χ4v) is 4.25. The molecule has 4 heterocycles. The van der Waals surface area contributed by atoms with Crippen molar-refractivity contribution in [3.63, 3.8) is 0 Å². The zero-order valence-corrected chi connectivity index (χ0v) is 17.6. The molecule has 4 rings (SSSR count). The molecule has 11 nitrogen and oxygen atoms in total. The Balaban J connectivity index is 1.81. The molecule has 0 saturated carbocycles. The maximum Gasteiger partial charge on any atom is 0.309 e. The molecule has 0 fully saturated rings. The summed E-state index contributed by atoms with van der Waals surface area (Å²) in [6.07, 6.45) is -0.530. The van der Waals surface area contributed by atoms with Gasteiger partial charge in [0.25, 0.3) is 12.3 Å². The third kappa shape index (κ3) is 4.03. The molecule has 0 aliphatic carbocycles. The van der Waals surface area contributed by atoms with Crippen molar-refractivity contribution in [3.05, 3.63) is 57.0 Å². The van der Waals surface area contributed by atoms with Gasteiger partial charge in [-0.25, -0.2) is 13.8 Å². The van der Waals surface area contributed by atoms with Gasteiger partial charge in [-0.15, -0.1) is 11.3 Å². The summed E-state index contributed by atoms with van der Waals surface area (Å²) in [6, 6.07) is 4.19. The largest absolute Gasteiger partial charge is 0.464 e. The number of amides is 2. The number of nitrogens with one attached hydrogen (secondary N) is 1. The first-order valence-corrected chi connectivity index (χ1v) is 10.0. The number of nitrogens with zero attached hydrogens (tertiary/aromatic N) is 4. The van der Waals surface area contributed by atoms with E-state index in [9.17, 15) is 28.5 Å². The van der Waals surface area contributed by atoms with E-state index in [0.717, 1.165) is 28.3 Å². The van der Waals surface area contributed by atoms with E-state index in [1.54, 1.807) is 6.07 Å². The summed E-state index contributed by atoms with van der Waals surface area (Å²) in [6.45, 7) is 1.02. The van der Waals surface area contributed by atoms with E-state index >= 15 is 0 Å². The number of carbonyl (C=O) groups excluding carboxylic acids is 2. The number of nitrogens with two attached hydrogens (primary N) is 1. The number of hydrogen-bond acceptors (Lipinski definition) is 8. The Kier molecular flexibility index (Phi) is 5.59. The second-order valence-electron chi connectivity index (χ2n) is 6.80. The van der Waals surface area contributed by atoms with Crippen LogP contribution in [-0.2, 0) is 11.3 Å². The van der Waals surface area contributed by atoms with Crippen molar-refractivity contribution in [1.82, 2.24) is 14.8 Å². The van der Waals surface area contributed by atoms with Gasteiger partial charge in [-0.3, -0.25) is 24.4 Å². The minimum Gasteiger partial charge on any atom is -0.464 e. The molecule has 0 aromatic carbocycles. The lowest BCUT2D eigenvalue weighted by molar-refractivity contribution is -0.385. The normalized spacial score (nSPS) is 11.3. The van der Waals surface area contributed by atoms with Crippen LogP contribution in [-0.4, -0.2) is 31.5 Å². The first-order valence-electron chi connectivity index (χ1n) is 9.23.